The van der Waals surface area contributed by atoms with Gasteiger partial charge in [-0.25, -0.2) is 4.98 Å². The molecule has 0 fully saturated rings. The Balaban J connectivity index is 2.68. The first-order chi connectivity index (χ1) is 6.09. The Bertz CT molecular complexity index is 323. The van der Waals surface area contributed by atoms with Crippen LogP contribution >= 0.6 is 31.9 Å². The molecule has 1 rings (SSSR count). The number of aryl methyl sites for hydroxylation is 1. The highest BCUT2D eigenvalue weighted by Crippen LogP contribution is 2.17. The summed E-state index contributed by atoms with van der Waals surface area (Å²) in [5, 5.41) is 3.13. The Morgan fingerprint density at radius 2 is 2.38 bits per heavy atom. The molecule has 1 aromatic heterocycles. The number of pyridine rings is 1. The number of aromatic nitrogens is 1. The maximum absolute atomic E-state index is 4.19. The Hall–Kier alpha value is -0.350. The van der Waals surface area contributed by atoms with Crippen LogP contribution in [0.3, 0.4) is 0 Å². The molecule has 70 valence electrons. The number of rotatable bonds is 3. The topological polar surface area (TPSA) is 24.9 Å². The van der Waals surface area contributed by atoms with E-state index >= 15 is 0 Å². The summed E-state index contributed by atoms with van der Waals surface area (Å²) >= 11 is 6.66. The standard InChI is InChI=1S/C9H10Br2N2/c1-6-3-9(12-4-7(2)10)13-5-8(6)11/h3,5H,2,4H2,1H3,(H,12,13). The first-order valence-corrected chi connectivity index (χ1v) is 5.37. The molecular formula is C9H10Br2N2. The van der Waals surface area contributed by atoms with E-state index < -0.39 is 0 Å². The lowest BCUT2D eigenvalue weighted by Gasteiger charge is -2.05. The number of hydrogen-bond acceptors (Lipinski definition) is 2. The van der Waals surface area contributed by atoms with Gasteiger partial charge in [0.2, 0.25) is 0 Å². The van der Waals surface area contributed by atoms with E-state index in [4.69, 9.17) is 0 Å². The monoisotopic (exact) mass is 304 g/mol. The highest BCUT2D eigenvalue weighted by Gasteiger charge is 1.97. The molecule has 4 heteroatoms. The van der Waals surface area contributed by atoms with Gasteiger partial charge in [-0.3, -0.25) is 0 Å². The number of nitrogens with one attached hydrogen (secondary N) is 1. The minimum Gasteiger partial charge on any atom is -0.365 e. The van der Waals surface area contributed by atoms with Crippen LogP contribution in [0.25, 0.3) is 0 Å². The summed E-state index contributed by atoms with van der Waals surface area (Å²) in [6.45, 7) is 6.44. The molecule has 0 amide bonds. The molecule has 0 saturated carbocycles. The van der Waals surface area contributed by atoms with Crippen LogP contribution in [0.5, 0.6) is 0 Å². The summed E-state index contributed by atoms with van der Waals surface area (Å²) in [5.74, 6) is 0.862. The van der Waals surface area contributed by atoms with Crippen LogP contribution in [-0.4, -0.2) is 11.5 Å². The van der Waals surface area contributed by atoms with Gasteiger partial charge in [0.15, 0.2) is 0 Å². The molecule has 0 saturated heterocycles. The summed E-state index contributed by atoms with van der Waals surface area (Å²) in [5.41, 5.74) is 1.16. The van der Waals surface area contributed by atoms with E-state index in [-0.39, 0.29) is 0 Å². The van der Waals surface area contributed by atoms with Gasteiger partial charge in [0, 0.05) is 21.7 Å². The summed E-state index contributed by atoms with van der Waals surface area (Å²) in [6.07, 6.45) is 1.79. The third-order valence-corrected chi connectivity index (χ3v) is 2.62. The van der Waals surface area contributed by atoms with Gasteiger partial charge in [-0.1, -0.05) is 22.5 Å². The fourth-order valence-electron chi connectivity index (χ4n) is 0.822. The Kier molecular flexibility index (Phi) is 3.93. The molecule has 2 nitrogen and oxygen atoms in total. The Morgan fingerprint density at radius 3 is 2.92 bits per heavy atom. The third kappa shape index (κ3) is 3.48. The van der Waals surface area contributed by atoms with Crippen molar-refractivity contribution >= 4 is 37.7 Å². The van der Waals surface area contributed by atoms with Crippen molar-refractivity contribution in [3.63, 3.8) is 0 Å². The Morgan fingerprint density at radius 1 is 1.69 bits per heavy atom. The number of hydrogen-bond donors (Lipinski definition) is 1. The van der Waals surface area contributed by atoms with Crippen LogP contribution < -0.4 is 5.32 Å². The van der Waals surface area contributed by atoms with Crippen LogP contribution in [0.15, 0.2) is 27.8 Å². The first kappa shape index (κ1) is 10.7. The largest absolute Gasteiger partial charge is 0.365 e. The molecule has 0 aliphatic carbocycles. The second-order valence-electron chi connectivity index (χ2n) is 2.69. The summed E-state index contributed by atoms with van der Waals surface area (Å²) in [6, 6.07) is 1.99. The van der Waals surface area contributed by atoms with E-state index in [1.165, 1.54) is 0 Å². The predicted molar refractivity (Wildman–Crippen MR) is 63.2 cm³/mol. The number of halogens is 2. The SMILES string of the molecule is C=C(Br)CNc1cc(C)c(Br)cn1. The second-order valence-corrected chi connectivity index (χ2v) is 4.67. The second kappa shape index (κ2) is 4.77. The third-order valence-electron chi connectivity index (χ3n) is 1.51. The van der Waals surface area contributed by atoms with Gasteiger partial charge >= 0.3 is 0 Å². The van der Waals surface area contributed by atoms with Crippen molar-refractivity contribution in [1.82, 2.24) is 4.98 Å². The van der Waals surface area contributed by atoms with Crippen molar-refractivity contribution in [3.05, 3.63) is 33.4 Å². The van der Waals surface area contributed by atoms with Crippen molar-refractivity contribution in [2.75, 3.05) is 11.9 Å². The van der Waals surface area contributed by atoms with Crippen molar-refractivity contribution in [2.45, 2.75) is 6.92 Å². The van der Waals surface area contributed by atoms with E-state index in [1.54, 1.807) is 6.20 Å². The molecule has 1 heterocycles. The number of anilines is 1. The van der Waals surface area contributed by atoms with Crippen LogP contribution in [-0.2, 0) is 0 Å². The molecule has 0 bridgehead atoms. The highest BCUT2D eigenvalue weighted by atomic mass is 79.9. The maximum Gasteiger partial charge on any atom is 0.126 e. The van der Waals surface area contributed by atoms with Gasteiger partial charge in [0.05, 0.1) is 0 Å². The first-order valence-electron chi connectivity index (χ1n) is 3.79. The summed E-state index contributed by atoms with van der Waals surface area (Å²) in [7, 11) is 0. The van der Waals surface area contributed by atoms with Gasteiger partial charge in [-0.05, 0) is 34.5 Å². The predicted octanol–water partition coefficient (Wildman–Crippen LogP) is 3.47. The number of nitrogens with zero attached hydrogens (tertiary/aromatic N) is 1. The van der Waals surface area contributed by atoms with Crippen molar-refractivity contribution in [2.24, 2.45) is 0 Å². The zero-order valence-corrected chi connectivity index (χ0v) is 10.4. The van der Waals surface area contributed by atoms with Crippen molar-refractivity contribution in [3.8, 4) is 0 Å². The zero-order chi connectivity index (χ0) is 9.84. The molecule has 0 unspecified atom stereocenters. The molecule has 0 aliphatic rings. The Labute approximate surface area is 94.7 Å². The molecule has 0 aliphatic heterocycles. The average molecular weight is 306 g/mol. The molecule has 1 aromatic rings. The van der Waals surface area contributed by atoms with Gasteiger partial charge in [-0.15, -0.1) is 0 Å². The summed E-state index contributed by atoms with van der Waals surface area (Å²) < 4.78 is 1.94. The van der Waals surface area contributed by atoms with Gasteiger partial charge < -0.3 is 5.32 Å². The van der Waals surface area contributed by atoms with Crippen LogP contribution in [0, 0.1) is 6.92 Å². The molecule has 13 heavy (non-hydrogen) atoms. The lowest BCUT2D eigenvalue weighted by molar-refractivity contribution is 1.19. The minimum absolute atomic E-state index is 0.689. The van der Waals surface area contributed by atoms with Crippen LogP contribution in [0.4, 0.5) is 5.82 Å². The fourth-order valence-corrected chi connectivity index (χ4v) is 1.18. The van der Waals surface area contributed by atoms with E-state index in [9.17, 15) is 0 Å². The zero-order valence-electron chi connectivity index (χ0n) is 7.27. The van der Waals surface area contributed by atoms with Gasteiger partial charge in [0.1, 0.15) is 5.82 Å². The minimum atomic E-state index is 0.689. The lowest BCUT2D eigenvalue weighted by atomic mass is 10.3. The molecule has 0 atom stereocenters. The smallest absolute Gasteiger partial charge is 0.126 e. The van der Waals surface area contributed by atoms with E-state index in [0.717, 1.165) is 20.3 Å². The molecule has 0 aromatic carbocycles. The lowest BCUT2D eigenvalue weighted by Crippen LogP contribution is -2.02. The van der Waals surface area contributed by atoms with Crippen LogP contribution in [0.1, 0.15) is 5.56 Å². The normalized spacial score (nSPS) is 9.77. The molecular weight excluding hydrogens is 296 g/mol. The van der Waals surface area contributed by atoms with E-state index in [2.05, 4.69) is 48.7 Å². The average Bonchev–Trinajstić information content (AvgIpc) is 2.07. The van der Waals surface area contributed by atoms with Gasteiger partial charge in [-0.2, -0.15) is 0 Å². The van der Waals surface area contributed by atoms with E-state index in [1.807, 2.05) is 13.0 Å². The van der Waals surface area contributed by atoms with Crippen LogP contribution in [0.2, 0.25) is 0 Å². The fraction of sp³-hybridized carbons (Fsp3) is 0.222. The molecule has 0 radical (unpaired) electrons. The van der Waals surface area contributed by atoms with Crippen molar-refractivity contribution < 1.29 is 0 Å². The molecule has 1 N–H and O–H groups in total. The van der Waals surface area contributed by atoms with Crippen molar-refractivity contribution in [1.29, 1.82) is 0 Å². The summed E-state index contributed by atoms with van der Waals surface area (Å²) in [4.78, 5) is 4.19. The maximum atomic E-state index is 4.19. The highest BCUT2D eigenvalue weighted by molar-refractivity contribution is 9.11. The van der Waals surface area contributed by atoms with Gasteiger partial charge in [0.25, 0.3) is 0 Å². The quantitative estimate of drug-likeness (QED) is 0.925. The van der Waals surface area contributed by atoms with E-state index in [0.29, 0.717) is 6.54 Å². The molecule has 0 spiro atoms.